The Morgan fingerprint density at radius 2 is 2.08 bits per heavy atom. The first-order valence-electron chi connectivity index (χ1n) is 3.47. The summed E-state index contributed by atoms with van der Waals surface area (Å²) in [5, 5.41) is 8.62. The molecule has 1 aromatic carbocycles. The minimum Gasteiger partial charge on any atom is -0.432 e. The number of rotatable bonds is 3. The highest BCUT2D eigenvalue weighted by atomic mass is 19.3. The minimum absolute atomic E-state index is 0.317. The molecule has 0 saturated carbocycles. The Hall–Kier alpha value is -1.23. The van der Waals surface area contributed by atoms with Crippen LogP contribution in [0.2, 0.25) is 0 Å². The second kappa shape index (κ2) is 4.13. The van der Waals surface area contributed by atoms with Crippen molar-refractivity contribution in [3.63, 3.8) is 0 Å². The molecule has 72 valence electrons. The van der Waals surface area contributed by atoms with Gasteiger partial charge < -0.3 is 9.84 Å². The van der Waals surface area contributed by atoms with E-state index in [0.29, 0.717) is 5.56 Å². The molecule has 0 radical (unpaired) electrons. The second-order valence-electron chi connectivity index (χ2n) is 2.30. The maximum Gasteiger partial charge on any atom is 0.387 e. The van der Waals surface area contributed by atoms with Crippen LogP contribution in [-0.2, 0) is 6.61 Å². The normalized spacial score (nSPS) is 10.5. The van der Waals surface area contributed by atoms with Gasteiger partial charge in [0.05, 0.1) is 6.61 Å². The molecule has 0 amide bonds. The standard InChI is InChI=1S/C8H7F3O2/c9-6-2-1-5(4-12)3-7(6)13-8(10)11/h1-3,8,12H,4H2. The summed E-state index contributed by atoms with van der Waals surface area (Å²) in [6, 6.07) is 3.28. The highest BCUT2D eigenvalue weighted by molar-refractivity contribution is 5.29. The topological polar surface area (TPSA) is 29.5 Å². The molecule has 0 bridgehead atoms. The van der Waals surface area contributed by atoms with Crippen LogP contribution in [0.25, 0.3) is 0 Å². The van der Waals surface area contributed by atoms with E-state index in [1.165, 1.54) is 6.07 Å². The first-order chi connectivity index (χ1) is 6.13. The summed E-state index contributed by atoms with van der Waals surface area (Å²) in [4.78, 5) is 0. The summed E-state index contributed by atoms with van der Waals surface area (Å²) >= 11 is 0. The first kappa shape index (κ1) is 9.85. The largest absolute Gasteiger partial charge is 0.432 e. The Kier molecular flexibility index (Phi) is 3.13. The van der Waals surface area contributed by atoms with Crippen LogP contribution in [-0.4, -0.2) is 11.7 Å². The van der Waals surface area contributed by atoms with Gasteiger partial charge in [-0.25, -0.2) is 4.39 Å². The molecule has 1 aromatic rings. The van der Waals surface area contributed by atoms with Gasteiger partial charge in [-0.15, -0.1) is 0 Å². The highest BCUT2D eigenvalue weighted by Crippen LogP contribution is 2.20. The van der Waals surface area contributed by atoms with E-state index in [0.717, 1.165) is 12.1 Å². The number of hydrogen-bond donors (Lipinski definition) is 1. The quantitative estimate of drug-likeness (QED) is 0.792. The molecule has 0 heterocycles. The highest BCUT2D eigenvalue weighted by Gasteiger charge is 2.09. The number of ether oxygens (including phenoxy) is 1. The summed E-state index contributed by atoms with van der Waals surface area (Å²) in [5.41, 5.74) is 0.317. The fourth-order valence-corrected chi connectivity index (χ4v) is 0.832. The first-order valence-corrected chi connectivity index (χ1v) is 3.47. The fraction of sp³-hybridized carbons (Fsp3) is 0.250. The van der Waals surface area contributed by atoms with Gasteiger partial charge in [-0.2, -0.15) is 8.78 Å². The smallest absolute Gasteiger partial charge is 0.387 e. The van der Waals surface area contributed by atoms with Gasteiger partial charge >= 0.3 is 6.61 Å². The van der Waals surface area contributed by atoms with Crippen molar-refractivity contribution in [1.82, 2.24) is 0 Å². The van der Waals surface area contributed by atoms with Gasteiger partial charge in [0, 0.05) is 0 Å². The SMILES string of the molecule is OCc1ccc(F)c(OC(F)F)c1. The van der Waals surface area contributed by atoms with Crippen LogP contribution in [0.4, 0.5) is 13.2 Å². The van der Waals surface area contributed by atoms with Gasteiger partial charge in [0.1, 0.15) is 0 Å². The van der Waals surface area contributed by atoms with Gasteiger partial charge in [-0.1, -0.05) is 6.07 Å². The van der Waals surface area contributed by atoms with E-state index >= 15 is 0 Å². The Morgan fingerprint density at radius 3 is 2.62 bits per heavy atom. The van der Waals surface area contributed by atoms with E-state index in [1.807, 2.05) is 0 Å². The third-order valence-electron chi connectivity index (χ3n) is 1.39. The summed E-state index contributed by atoms with van der Waals surface area (Å²) in [6.07, 6.45) is 0. The van der Waals surface area contributed by atoms with Gasteiger partial charge in [0.25, 0.3) is 0 Å². The van der Waals surface area contributed by atoms with E-state index < -0.39 is 18.2 Å². The van der Waals surface area contributed by atoms with Crippen molar-refractivity contribution in [2.45, 2.75) is 13.2 Å². The molecule has 0 saturated heterocycles. The lowest BCUT2D eigenvalue weighted by Crippen LogP contribution is -2.04. The van der Waals surface area contributed by atoms with Crippen LogP contribution in [0.1, 0.15) is 5.56 Å². The summed E-state index contributed by atoms with van der Waals surface area (Å²) in [6.45, 7) is -3.41. The van der Waals surface area contributed by atoms with Crippen molar-refractivity contribution < 1.29 is 23.0 Å². The molecule has 13 heavy (non-hydrogen) atoms. The average Bonchev–Trinajstić information content (AvgIpc) is 2.08. The molecular weight excluding hydrogens is 185 g/mol. The predicted molar refractivity (Wildman–Crippen MR) is 39.0 cm³/mol. The van der Waals surface area contributed by atoms with Crippen LogP contribution >= 0.6 is 0 Å². The summed E-state index contributed by atoms with van der Waals surface area (Å²) < 4.78 is 40.0. The third kappa shape index (κ3) is 2.62. The Labute approximate surface area is 72.6 Å². The maximum atomic E-state index is 12.7. The zero-order valence-corrected chi connectivity index (χ0v) is 6.51. The number of halogens is 3. The lowest BCUT2D eigenvalue weighted by Gasteiger charge is -2.06. The third-order valence-corrected chi connectivity index (χ3v) is 1.39. The lowest BCUT2D eigenvalue weighted by molar-refractivity contribution is -0.0522. The van der Waals surface area contributed by atoms with Crippen molar-refractivity contribution in [3.05, 3.63) is 29.6 Å². The van der Waals surface area contributed by atoms with Gasteiger partial charge in [-0.3, -0.25) is 0 Å². The maximum absolute atomic E-state index is 12.7. The number of hydrogen-bond acceptors (Lipinski definition) is 2. The number of aliphatic hydroxyl groups excluding tert-OH is 1. The molecule has 1 N–H and O–H groups in total. The monoisotopic (exact) mass is 192 g/mol. The zero-order valence-electron chi connectivity index (χ0n) is 6.51. The van der Waals surface area contributed by atoms with E-state index in [9.17, 15) is 13.2 Å². The van der Waals surface area contributed by atoms with E-state index in [2.05, 4.69) is 4.74 Å². The molecule has 0 aliphatic rings. The second-order valence-corrected chi connectivity index (χ2v) is 2.30. The molecule has 5 heteroatoms. The van der Waals surface area contributed by atoms with E-state index in [1.54, 1.807) is 0 Å². The van der Waals surface area contributed by atoms with E-state index in [4.69, 9.17) is 5.11 Å². The van der Waals surface area contributed by atoms with Crippen LogP contribution in [0, 0.1) is 5.82 Å². The van der Waals surface area contributed by atoms with Crippen LogP contribution in [0.15, 0.2) is 18.2 Å². The minimum atomic E-state index is -3.07. The van der Waals surface area contributed by atoms with Crippen LogP contribution in [0.3, 0.4) is 0 Å². The lowest BCUT2D eigenvalue weighted by atomic mass is 10.2. The Bertz CT molecular complexity index is 289. The van der Waals surface area contributed by atoms with Crippen LogP contribution < -0.4 is 4.74 Å². The number of aliphatic hydroxyl groups is 1. The molecule has 1 rings (SSSR count). The van der Waals surface area contributed by atoms with Crippen molar-refractivity contribution in [2.24, 2.45) is 0 Å². The predicted octanol–water partition coefficient (Wildman–Crippen LogP) is 1.92. The van der Waals surface area contributed by atoms with Gasteiger partial charge in [0.15, 0.2) is 11.6 Å². The number of benzene rings is 1. The van der Waals surface area contributed by atoms with Crippen molar-refractivity contribution in [2.75, 3.05) is 0 Å². The fourth-order valence-electron chi connectivity index (χ4n) is 0.832. The molecule has 0 aromatic heterocycles. The summed E-state index contributed by atoms with van der Waals surface area (Å²) in [7, 11) is 0. The van der Waals surface area contributed by atoms with Gasteiger partial charge in [0.2, 0.25) is 0 Å². The zero-order chi connectivity index (χ0) is 9.84. The van der Waals surface area contributed by atoms with Crippen LogP contribution in [0.5, 0.6) is 5.75 Å². The molecule has 0 spiro atoms. The molecule has 0 aliphatic heterocycles. The number of alkyl halides is 2. The molecule has 0 unspecified atom stereocenters. The molecular formula is C8H7F3O2. The summed E-state index contributed by atoms with van der Waals surface area (Å²) in [5.74, 6) is -1.43. The van der Waals surface area contributed by atoms with Crippen molar-refractivity contribution in [3.8, 4) is 5.75 Å². The Morgan fingerprint density at radius 1 is 1.38 bits per heavy atom. The van der Waals surface area contributed by atoms with E-state index in [-0.39, 0.29) is 6.61 Å². The molecule has 2 nitrogen and oxygen atoms in total. The Balaban J connectivity index is 2.90. The molecule has 0 atom stereocenters. The molecule has 0 fully saturated rings. The average molecular weight is 192 g/mol. The molecule has 0 aliphatic carbocycles. The van der Waals surface area contributed by atoms with Crippen molar-refractivity contribution in [1.29, 1.82) is 0 Å². The van der Waals surface area contributed by atoms with Crippen molar-refractivity contribution >= 4 is 0 Å². The van der Waals surface area contributed by atoms with Gasteiger partial charge in [-0.05, 0) is 17.7 Å².